The summed E-state index contributed by atoms with van der Waals surface area (Å²) >= 11 is 0. The van der Waals surface area contributed by atoms with Crippen molar-refractivity contribution >= 4 is 23.2 Å². The van der Waals surface area contributed by atoms with Gasteiger partial charge in [0.15, 0.2) is 0 Å². The third-order valence-electron chi connectivity index (χ3n) is 3.94. The zero-order valence-corrected chi connectivity index (χ0v) is 15.0. The highest BCUT2D eigenvalue weighted by Gasteiger charge is 2.15. The van der Waals surface area contributed by atoms with Crippen molar-refractivity contribution in [3.05, 3.63) is 82.2 Å². The monoisotopic (exact) mass is 389 g/mol. The number of hydrogen-bond acceptors (Lipinski definition) is 5. The molecule has 2 aromatic carbocycles. The highest BCUT2D eigenvalue weighted by molar-refractivity contribution is 6.08. The number of terminal acetylenes is 1. The van der Waals surface area contributed by atoms with Crippen LogP contribution in [0.2, 0.25) is 0 Å². The van der Waals surface area contributed by atoms with Crippen LogP contribution in [0.15, 0.2) is 60.9 Å². The summed E-state index contributed by atoms with van der Waals surface area (Å²) in [4.78, 5) is 35.0. The molecule has 0 radical (unpaired) electrons. The van der Waals surface area contributed by atoms with Crippen LogP contribution in [-0.2, 0) is 0 Å². The van der Waals surface area contributed by atoms with Crippen molar-refractivity contribution in [2.45, 2.75) is 0 Å². The van der Waals surface area contributed by atoms with Gasteiger partial charge in [-0.15, -0.1) is 6.42 Å². The van der Waals surface area contributed by atoms with Crippen LogP contribution in [0.3, 0.4) is 0 Å². The van der Waals surface area contributed by atoms with Gasteiger partial charge in [-0.3, -0.25) is 19.7 Å². The number of rotatable bonds is 6. The van der Waals surface area contributed by atoms with Crippen LogP contribution in [0, 0.1) is 22.5 Å². The number of nitro benzene ring substituents is 1. The molecule has 9 nitrogen and oxygen atoms in total. The number of aromatic nitrogens is 2. The van der Waals surface area contributed by atoms with Gasteiger partial charge in [-0.05, 0) is 24.3 Å². The summed E-state index contributed by atoms with van der Waals surface area (Å²) in [5, 5.41) is 20.1. The molecule has 1 aromatic heterocycles. The van der Waals surface area contributed by atoms with Gasteiger partial charge in [-0.25, -0.2) is 4.68 Å². The number of carbonyl (C=O) groups excluding carboxylic acids is 2. The van der Waals surface area contributed by atoms with Crippen LogP contribution >= 0.6 is 0 Å². The molecular formula is C20H15N5O4. The maximum Gasteiger partial charge on any atom is 0.269 e. The maximum atomic E-state index is 12.6. The van der Waals surface area contributed by atoms with E-state index in [-0.39, 0.29) is 23.4 Å². The van der Waals surface area contributed by atoms with E-state index in [1.165, 1.54) is 41.3 Å². The minimum atomic E-state index is -0.497. The molecule has 1 heterocycles. The van der Waals surface area contributed by atoms with Crippen LogP contribution < -0.4 is 10.6 Å². The number of nitrogens with zero attached hydrogens (tertiary/aromatic N) is 3. The largest absolute Gasteiger partial charge is 0.341 e. The number of benzene rings is 2. The van der Waals surface area contributed by atoms with Gasteiger partial charge in [0.05, 0.1) is 40.2 Å². The van der Waals surface area contributed by atoms with E-state index in [2.05, 4.69) is 21.7 Å². The van der Waals surface area contributed by atoms with Gasteiger partial charge in [-0.1, -0.05) is 18.1 Å². The molecule has 0 bridgehead atoms. The third kappa shape index (κ3) is 4.45. The molecule has 2 amide bonds. The first kappa shape index (κ1) is 19.3. The number of amides is 2. The Morgan fingerprint density at radius 1 is 1.14 bits per heavy atom. The number of carbonyl (C=O) groups is 2. The average Bonchev–Trinajstić information content (AvgIpc) is 3.23. The van der Waals surface area contributed by atoms with Crippen LogP contribution in [0.1, 0.15) is 20.7 Å². The van der Waals surface area contributed by atoms with E-state index in [0.717, 1.165) is 0 Å². The quantitative estimate of drug-likeness (QED) is 0.381. The summed E-state index contributed by atoms with van der Waals surface area (Å²) in [5.41, 5.74) is 1.37. The zero-order chi connectivity index (χ0) is 20.8. The number of para-hydroxylation sites is 1. The Kier molecular flexibility index (Phi) is 5.66. The van der Waals surface area contributed by atoms with Crippen molar-refractivity contribution in [3.63, 3.8) is 0 Å². The van der Waals surface area contributed by atoms with Gasteiger partial charge >= 0.3 is 0 Å². The molecule has 0 aliphatic rings. The average molecular weight is 389 g/mol. The molecule has 0 unspecified atom stereocenters. The molecule has 0 aliphatic carbocycles. The molecule has 0 fully saturated rings. The first-order valence-corrected chi connectivity index (χ1v) is 8.41. The molecule has 0 saturated carbocycles. The molecule has 29 heavy (non-hydrogen) atoms. The van der Waals surface area contributed by atoms with Crippen LogP contribution in [-0.4, -0.2) is 33.1 Å². The van der Waals surface area contributed by atoms with Crippen LogP contribution in [0.4, 0.5) is 11.4 Å². The molecule has 0 spiro atoms. The summed E-state index contributed by atoms with van der Waals surface area (Å²) in [6.07, 6.45) is 7.99. The maximum absolute atomic E-state index is 12.6. The molecule has 144 valence electrons. The Morgan fingerprint density at radius 2 is 1.86 bits per heavy atom. The summed E-state index contributed by atoms with van der Waals surface area (Å²) < 4.78 is 1.42. The zero-order valence-electron chi connectivity index (χ0n) is 15.0. The third-order valence-corrected chi connectivity index (χ3v) is 3.94. The summed E-state index contributed by atoms with van der Waals surface area (Å²) in [6.45, 7) is 0.0725. The molecular weight excluding hydrogens is 374 g/mol. The Bertz CT molecular complexity index is 1110. The van der Waals surface area contributed by atoms with Crippen molar-refractivity contribution < 1.29 is 14.5 Å². The molecule has 3 rings (SSSR count). The number of non-ortho nitro benzene ring substituents is 1. The van der Waals surface area contributed by atoms with E-state index >= 15 is 0 Å². The lowest BCUT2D eigenvalue weighted by Crippen LogP contribution is -2.25. The van der Waals surface area contributed by atoms with E-state index in [1.807, 2.05) is 0 Å². The summed E-state index contributed by atoms with van der Waals surface area (Å²) in [6, 6.07) is 12.3. The first-order chi connectivity index (χ1) is 14.0. The molecule has 0 aliphatic heterocycles. The second kappa shape index (κ2) is 8.49. The minimum absolute atomic E-state index is 0.0430. The fraction of sp³-hybridized carbons (Fsp3) is 0.0500. The standard InChI is InChI=1S/C20H15N5O4/c1-2-11-21-20(27)17-5-3-4-6-18(17)23-19(26)14-12-22-24(13-14)15-7-9-16(10-8-15)25(28)29/h1,3-10,12-13H,11H2,(H,21,27)(H,23,26). The molecule has 0 atom stereocenters. The molecule has 2 N–H and O–H groups in total. The number of hydrogen-bond donors (Lipinski definition) is 2. The van der Waals surface area contributed by atoms with Crippen molar-refractivity contribution in [3.8, 4) is 18.0 Å². The Hall–Kier alpha value is -4.45. The molecule has 9 heteroatoms. The van der Waals surface area contributed by atoms with Gasteiger partial charge in [-0.2, -0.15) is 5.10 Å². The van der Waals surface area contributed by atoms with E-state index in [9.17, 15) is 19.7 Å². The highest BCUT2D eigenvalue weighted by Crippen LogP contribution is 2.18. The Morgan fingerprint density at radius 3 is 2.55 bits per heavy atom. The molecule has 0 saturated heterocycles. The van der Waals surface area contributed by atoms with Crippen molar-refractivity contribution in [2.75, 3.05) is 11.9 Å². The van der Waals surface area contributed by atoms with Gasteiger partial charge in [0, 0.05) is 18.3 Å². The van der Waals surface area contributed by atoms with Gasteiger partial charge < -0.3 is 10.6 Å². The summed E-state index contributed by atoms with van der Waals surface area (Å²) in [7, 11) is 0. The highest BCUT2D eigenvalue weighted by atomic mass is 16.6. The van der Waals surface area contributed by atoms with E-state index in [4.69, 9.17) is 6.42 Å². The van der Waals surface area contributed by atoms with Crippen LogP contribution in [0.5, 0.6) is 0 Å². The van der Waals surface area contributed by atoms with Gasteiger partial charge in [0.1, 0.15) is 0 Å². The summed E-state index contributed by atoms with van der Waals surface area (Å²) in [5.74, 6) is 1.45. The number of nitrogens with one attached hydrogen (secondary N) is 2. The lowest BCUT2D eigenvalue weighted by atomic mass is 10.1. The fourth-order valence-corrected chi connectivity index (χ4v) is 2.52. The SMILES string of the molecule is C#CCNC(=O)c1ccccc1NC(=O)c1cnn(-c2ccc([N+](=O)[O-])cc2)c1. The topological polar surface area (TPSA) is 119 Å². The predicted molar refractivity (Wildman–Crippen MR) is 106 cm³/mol. The minimum Gasteiger partial charge on any atom is -0.341 e. The Balaban J connectivity index is 1.77. The van der Waals surface area contributed by atoms with E-state index in [0.29, 0.717) is 11.4 Å². The van der Waals surface area contributed by atoms with Crippen molar-refractivity contribution in [2.24, 2.45) is 0 Å². The van der Waals surface area contributed by atoms with E-state index in [1.54, 1.807) is 24.3 Å². The second-order valence-corrected chi connectivity index (χ2v) is 5.83. The number of anilines is 1. The first-order valence-electron chi connectivity index (χ1n) is 8.41. The smallest absolute Gasteiger partial charge is 0.269 e. The Labute approximate surface area is 165 Å². The van der Waals surface area contributed by atoms with Gasteiger partial charge in [0.25, 0.3) is 17.5 Å². The fourth-order valence-electron chi connectivity index (χ4n) is 2.52. The van der Waals surface area contributed by atoms with Gasteiger partial charge in [0.2, 0.25) is 0 Å². The van der Waals surface area contributed by atoms with E-state index < -0.39 is 16.7 Å². The van der Waals surface area contributed by atoms with Crippen molar-refractivity contribution in [1.82, 2.24) is 15.1 Å². The lowest BCUT2D eigenvalue weighted by Gasteiger charge is -2.09. The van der Waals surface area contributed by atoms with Crippen LogP contribution in [0.25, 0.3) is 5.69 Å². The number of nitro groups is 1. The predicted octanol–water partition coefficient (Wildman–Crippen LogP) is 2.40. The molecule has 3 aromatic rings. The van der Waals surface area contributed by atoms with Crippen molar-refractivity contribution in [1.29, 1.82) is 0 Å². The lowest BCUT2D eigenvalue weighted by molar-refractivity contribution is -0.384. The normalized spacial score (nSPS) is 10.0. The second-order valence-electron chi connectivity index (χ2n) is 5.83.